The van der Waals surface area contributed by atoms with Crippen LogP contribution in [0.4, 0.5) is 5.69 Å². The third-order valence-corrected chi connectivity index (χ3v) is 6.38. The number of amides is 2. The monoisotopic (exact) mass is 445 g/mol. The molecule has 0 bridgehead atoms. The highest BCUT2D eigenvalue weighted by molar-refractivity contribution is 5.99. The van der Waals surface area contributed by atoms with Gasteiger partial charge in [0, 0.05) is 44.4 Å². The molecule has 2 heterocycles. The number of nitrogens with one attached hydrogen (secondary N) is 1. The van der Waals surface area contributed by atoms with Crippen molar-refractivity contribution in [2.75, 3.05) is 32.0 Å². The van der Waals surface area contributed by atoms with Crippen molar-refractivity contribution >= 4 is 17.5 Å². The van der Waals surface area contributed by atoms with Crippen molar-refractivity contribution in [3.63, 3.8) is 0 Å². The van der Waals surface area contributed by atoms with Gasteiger partial charge in [0.2, 0.25) is 11.8 Å². The number of nitrogens with zero attached hydrogens (tertiary/aromatic N) is 2. The predicted octanol–water partition coefficient (Wildman–Crippen LogP) is 2.75. The highest BCUT2D eigenvalue weighted by Gasteiger charge is 2.28. The molecule has 6 heteroatoms. The average molecular weight is 446 g/mol. The second kappa shape index (κ2) is 10.2. The molecule has 2 aliphatic rings. The molecule has 2 aromatic rings. The van der Waals surface area contributed by atoms with Crippen LogP contribution in [0, 0.1) is 11.8 Å². The van der Waals surface area contributed by atoms with Crippen molar-refractivity contribution in [1.29, 1.82) is 0 Å². The highest BCUT2D eigenvalue weighted by Crippen LogP contribution is 2.27. The van der Waals surface area contributed by atoms with Gasteiger partial charge in [-0.3, -0.25) is 14.5 Å². The van der Waals surface area contributed by atoms with E-state index in [9.17, 15) is 14.7 Å². The Balaban J connectivity index is 1.55. The fraction of sp³-hybridized carbons (Fsp3) is 0.407. The van der Waals surface area contributed by atoms with Crippen LogP contribution in [-0.2, 0) is 22.4 Å². The molecule has 0 aromatic heterocycles. The molecule has 33 heavy (non-hydrogen) atoms. The van der Waals surface area contributed by atoms with Gasteiger partial charge in [0.25, 0.3) is 0 Å². The van der Waals surface area contributed by atoms with Crippen LogP contribution in [0.3, 0.4) is 0 Å². The Morgan fingerprint density at radius 1 is 1.30 bits per heavy atom. The van der Waals surface area contributed by atoms with Gasteiger partial charge in [-0.15, -0.1) is 0 Å². The van der Waals surface area contributed by atoms with E-state index in [1.807, 2.05) is 55.3 Å². The van der Waals surface area contributed by atoms with Crippen molar-refractivity contribution in [1.82, 2.24) is 9.80 Å². The van der Waals surface area contributed by atoms with Gasteiger partial charge >= 0.3 is 0 Å². The summed E-state index contributed by atoms with van der Waals surface area (Å²) in [6.45, 7) is 4.12. The summed E-state index contributed by atoms with van der Waals surface area (Å²) in [5, 5.41) is 12.8. The molecule has 2 aromatic carbocycles. The molecular weight excluding hydrogens is 414 g/mol. The molecule has 1 saturated heterocycles. The number of rotatable bonds is 6. The summed E-state index contributed by atoms with van der Waals surface area (Å²) in [4.78, 5) is 29.0. The number of aliphatic hydroxyl groups excluding tert-OH is 1. The first-order chi connectivity index (χ1) is 15.9. The fourth-order valence-electron chi connectivity index (χ4n) is 4.53. The SMILES string of the molecule is CCC#Cc1cccc(C(CN2CC[C@H](O)C2)N(C)C(=O)Cc2ccc3c(c2)NC(=O)C3)c1. The number of hydrogen-bond donors (Lipinski definition) is 2. The number of likely N-dealkylation sites (tertiary alicyclic amines) is 1. The van der Waals surface area contributed by atoms with Crippen molar-refractivity contribution in [3.8, 4) is 11.8 Å². The molecule has 6 nitrogen and oxygen atoms in total. The van der Waals surface area contributed by atoms with E-state index in [1.165, 1.54) is 0 Å². The summed E-state index contributed by atoms with van der Waals surface area (Å²) in [6, 6.07) is 13.7. The number of β-amino-alcohol motifs (C(OH)–C–C–N with tert-alkyl or cyclic N) is 1. The first-order valence-electron chi connectivity index (χ1n) is 11.6. The Morgan fingerprint density at radius 2 is 2.15 bits per heavy atom. The van der Waals surface area contributed by atoms with Crippen molar-refractivity contribution in [3.05, 3.63) is 64.7 Å². The number of hydrogen-bond acceptors (Lipinski definition) is 4. The van der Waals surface area contributed by atoms with E-state index in [-0.39, 0.29) is 30.4 Å². The minimum Gasteiger partial charge on any atom is -0.392 e. The largest absolute Gasteiger partial charge is 0.392 e. The van der Waals surface area contributed by atoms with Crippen LogP contribution in [0.2, 0.25) is 0 Å². The number of anilines is 1. The molecule has 1 fully saturated rings. The van der Waals surface area contributed by atoms with Gasteiger partial charge in [0.05, 0.1) is 25.0 Å². The van der Waals surface area contributed by atoms with Gasteiger partial charge in [-0.2, -0.15) is 0 Å². The summed E-state index contributed by atoms with van der Waals surface area (Å²) < 4.78 is 0. The summed E-state index contributed by atoms with van der Waals surface area (Å²) in [5.41, 5.74) is 4.64. The maximum Gasteiger partial charge on any atom is 0.228 e. The summed E-state index contributed by atoms with van der Waals surface area (Å²) >= 11 is 0. The second-order valence-corrected chi connectivity index (χ2v) is 8.90. The van der Waals surface area contributed by atoms with Crippen LogP contribution >= 0.6 is 0 Å². The number of likely N-dealkylation sites (N-methyl/N-ethyl adjacent to an activating group) is 1. The maximum atomic E-state index is 13.3. The molecule has 4 rings (SSSR count). The van der Waals surface area contributed by atoms with Gasteiger partial charge in [0.1, 0.15) is 0 Å². The van der Waals surface area contributed by atoms with Gasteiger partial charge in [0.15, 0.2) is 0 Å². The van der Waals surface area contributed by atoms with Crippen LogP contribution in [0.15, 0.2) is 42.5 Å². The van der Waals surface area contributed by atoms with E-state index in [0.29, 0.717) is 19.5 Å². The first kappa shape index (κ1) is 23.0. The van der Waals surface area contributed by atoms with Crippen LogP contribution < -0.4 is 5.32 Å². The Kier molecular flexibility index (Phi) is 7.12. The minimum absolute atomic E-state index is 0.00839. The predicted molar refractivity (Wildman–Crippen MR) is 129 cm³/mol. The third kappa shape index (κ3) is 5.62. The molecule has 0 saturated carbocycles. The van der Waals surface area contributed by atoms with Gasteiger partial charge < -0.3 is 15.3 Å². The minimum atomic E-state index is -0.310. The molecule has 172 valence electrons. The van der Waals surface area contributed by atoms with Crippen LogP contribution in [0.5, 0.6) is 0 Å². The van der Waals surface area contributed by atoms with E-state index in [2.05, 4.69) is 28.1 Å². The summed E-state index contributed by atoms with van der Waals surface area (Å²) in [5.74, 6) is 6.30. The van der Waals surface area contributed by atoms with Crippen molar-refractivity contribution in [2.45, 2.75) is 44.8 Å². The zero-order chi connectivity index (χ0) is 23.4. The number of benzene rings is 2. The second-order valence-electron chi connectivity index (χ2n) is 8.90. The van der Waals surface area contributed by atoms with E-state index in [1.54, 1.807) is 0 Å². The molecule has 1 unspecified atom stereocenters. The van der Waals surface area contributed by atoms with Gasteiger partial charge in [-0.05, 0) is 41.3 Å². The zero-order valence-corrected chi connectivity index (χ0v) is 19.3. The first-order valence-corrected chi connectivity index (χ1v) is 11.6. The smallest absolute Gasteiger partial charge is 0.228 e. The molecule has 2 aliphatic heterocycles. The normalized spacial score (nSPS) is 18.3. The standard InChI is InChI=1S/C27H31N3O3/c1-3-4-6-19-7-5-8-22(13-19)25(18-30-12-11-23(31)17-30)29(2)27(33)15-20-9-10-21-16-26(32)28-24(21)14-20/h5,7-10,13-14,23,25,31H,3,11-12,15-18H2,1-2H3,(H,28,32)/t23-,25?/m0/s1. The van der Waals surface area contributed by atoms with Gasteiger partial charge in [-0.1, -0.05) is 43.0 Å². The third-order valence-electron chi connectivity index (χ3n) is 6.38. The number of carbonyl (C=O) groups excluding carboxylic acids is 2. The molecule has 2 amide bonds. The van der Waals surface area contributed by atoms with E-state index < -0.39 is 0 Å². The molecular formula is C27H31N3O3. The zero-order valence-electron chi connectivity index (χ0n) is 19.3. The Bertz CT molecular complexity index is 1100. The molecule has 0 spiro atoms. The number of fused-ring (bicyclic) bond motifs is 1. The summed E-state index contributed by atoms with van der Waals surface area (Å²) in [7, 11) is 1.85. The Labute approximate surface area is 195 Å². The molecule has 0 aliphatic carbocycles. The van der Waals surface area contributed by atoms with Crippen LogP contribution in [0.25, 0.3) is 0 Å². The van der Waals surface area contributed by atoms with Gasteiger partial charge in [-0.25, -0.2) is 0 Å². The van der Waals surface area contributed by atoms with Crippen molar-refractivity contribution in [2.24, 2.45) is 0 Å². The topological polar surface area (TPSA) is 72.9 Å². The lowest BCUT2D eigenvalue weighted by atomic mass is 10.0. The van der Waals surface area contributed by atoms with E-state index in [4.69, 9.17) is 0 Å². The highest BCUT2D eigenvalue weighted by atomic mass is 16.3. The molecule has 2 N–H and O–H groups in total. The number of aliphatic hydroxyl groups is 1. The Morgan fingerprint density at radius 3 is 2.91 bits per heavy atom. The lowest BCUT2D eigenvalue weighted by molar-refractivity contribution is -0.131. The van der Waals surface area contributed by atoms with E-state index in [0.717, 1.165) is 47.3 Å². The average Bonchev–Trinajstić information content (AvgIpc) is 3.39. The lowest BCUT2D eigenvalue weighted by Crippen LogP contribution is -2.39. The maximum absolute atomic E-state index is 13.3. The Hall–Kier alpha value is -3.14. The van der Waals surface area contributed by atoms with Crippen LogP contribution in [-0.4, -0.2) is 59.5 Å². The number of carbonyl (C=O) groups is 2. The lowest BCUT2D eigenvalue weighted by Gasteiger charge is -2.32. The molecule has 2 atom stereocenters. The quantitative estimate of drug-likeness (QED) is 0.671. The van der Waals surface area contributed by atoms with Crippen LogP contribution in [0.1, 0.15) is 48.1 Å². The van der Waals surface area contributed by atoms with Crippen molar-refractivity contribution < 1.29 is 14.7 Å². The molecule has 0 radical (unpaired) electrons. The fourth-order valence-corrected chi connectivity index (χ4v) is 4.53. The summed E-state index contributed by atoms with van der Waals surface area (Å²) in [6.07, 6.45) is 1.89. The van der Waals surface area contributed by atoms with E-state index >= 15 is 0 Å².